The smallest absolute Gasteiger partial charge is 0.324 e. The molecule has 0 amide bonds. The first kappa shape index (κ1) is 19.0. The predicted molar refractivity (Wildman–Crippen MR) is 93.8 cm³/mol. The van der Waals surface area contributed by atoms with Crippen molar-refractivity contribution in [2.45, 2.75) is 31.4 Å². The van der Waals surface area contributed by atoms with Crippen LogP contribution in [0, 0.1) is 6.92 Å². The van der Waals surface area contributed by atoms with Gasteiger partial charge >= 0.3 is 5.97 Å². The first-order valence-corrected chi connectivity index (χ1v) is 9.19. The van der Waals surface area contributed by atoms with Gasteiger partial charge in [0.15, 0.2) is 0 Å². The van der Waals surface area contributed by atoms with Crippen LogP contribution in [0.3, 0.4) is 0 Å². The lowest BCUT2D eigenvalue weighted by Crippen LogP contribution is -2.39. The van der Waals surface area contributed by atoms with Gasteiger partial charge in [0.1, 0.15) is 18.4 Å². The Morgan fingerprint density at radius 3 is 2.24 bits per heavy atom. The molecular formula is C18H21NO5S. The van der Waals surface area contributed by atoms with Gasteiger partial charge < -0.3 is 9.47 Å². The molecule has 0 aromatic heterocycles. The molecule has 6 nitrogen and oxygen atoms in total. The van der Waals surface area contributed by atoms with Crippen molar-refractivity contribution in [3.05, 3.63) is 59.7 Å². The molecule has 0 bridgehead atoms. The molecule has 0 radical (unpaired) electrons. The molecule has 0 spiro atoms. The second kappa shape index (κ2) is 8.13. The molecule has 0 fully saturated rings. The van der Waals surface area contributed by atoms with Gasteiger partial charge in [0.2, 0.25) is 10.0 Å². The third-order valence-corrected chi connectivity index (χ3v) is 5.11. The minimum Gasteiger partial charge on any atom is -0.497 e. The summed E-state index contributed by atoms with van der Waals surface area (Å²) in [5.41, 5.74) is 1.94. The topological polar surface area (TPSA) is 81.7 Å². The third kappa shape index (κ3) is 5.30. The lowest BCUT2D eigenvalue weighted by molar-refractivity contribution is -0.146. The molecule has 2 aromatic rings. The second-order valence-corrected chi connectivity index (χ2v) is 7.33. The summed E-state index contributed by atoms with van der Waals surface area (Å²) in [5.74, 6) is -0.0952. The van der Waals surface area contributed by atoms with E-state index in [1.165, 1.54) is 38.3 Å². The number of esters is 1. The van der Waals surface area contributed by atoms with Crippen molar-refractivity contribution >= 4 is 16.0 Å². The molecule has 1 N–H and O–H groups in total. The highest BCUT2D eigenvalue weighted by molar-refractivity contribution is 7.89. The Kier molecular flexibility index (Phi) is 6.17. The van der Waals surface area contributed by atoms with Gasteiger partial charge in [-0.2, -0.15) is 4.72 Å². The molecule has 0 aliphatic rings. The number of aryl methyl sites for hydroxylation is 1. The number of nitrogens with one attached hydrogen (secondary N) is 1. The Balaban J connectivity index is 1.95. The fourth-order valence-corrected chi connectivity index (χ4v) is 3.26. The average Bonchev–Trinajstić information content (AvgIpc) is 2.60. The van der Waals surface area contributed by atoms with Gasteiger partial charge in [0.25, 0.3) is 0 Å². The standard InChI is InChI=1S/C18H21NO5S/c1-13-4-6-15(7-5-13)12-24-18(20)14(2)19-25(21,22)17-10-8-16(23-3)9-11-17/h4-11,14,19H,12H2,1-3H3/t14-/m0/s1. The van der Waals surface area contributed by atoms with Crippen LogP contribution in [0.2, 0.25) is 0 Å². The summed E-state index contributed by atoms with van der Waals surface area (Å²) < 4.78 is 37.1. The van der Waals surface area contributed by atoms with Crippen molar-refractivity contribution in [2.24, 2.45) is 0 Å². The van der Waals surface area contributed by atoms with Gasteiger partial charge in [0, 0.05) is 0 Å². The summed E-state index contributed by atoms with van der Waals surface area (Å²) >= 11 is 0. The summed E-state index contributed by atoms with van der Waals surface area (Å²) in [6.07, 6.45) is 0. The van der Waals surface area contributed by atoms with Crippen molar-refractivity contribution < 1.29 is 22.7 Å². The first-order valence-electron chi connectivity index (χ1n) is 7.70. The molecule has 134 valence electrons. The molecule has 0 saturated carbocycles. The molecule has 0 heterocycles. The second-order valence-electron chi connectivity index (χ2n) is 5.61. The number of methoxy groups -OCH3 is 1. The Bertz CT molecular complexity index is 814. The van der Waals surface area contributed by atoms with E-state index in [4.69, 9.17) is 9.47 Å². The van der Waals surface area contributed by atoms with Crippen LogP contribution in [-0.2, 0) is 26.2 Å². The highest BCUT2D eigenvalue weighted by atomic mass is 32.2. The molecule has 0 aliphatic heterocycles. The maximum Gasteiger partial charge on any atom is 0.324 e. The first-order chi connectivity index (χ1) is 11.8. The zero-order valence-corrected chi connectivity index (χ0v) is 15.2. The minimum absolute atomic E-state index is 0.0477. The van der Waals surface area contributed by atoms with E-state index in [1.54, 1.807) is 0 Å². The highest BCUT2D eigenvalue weighted by Gasteiger charge is 2.23. The normalized spacial score (nSPS) is 12.4. The molecule has 2 rings (SSSR count). The van der Waals surface area contributed by atoms with E-state index in [0.29, 0.717) is 5.75 Å². The Hall–Kier alpha value is -2.38. The highest BCUT2D eigenvalue weighted by Crippen LogP contribution is 2.16. The molecule has 7 heteroatoms. The van der Waals surface area contributed by atoms with Gasteiger partial charge in [-0.25, -0.2) is 8.42 Å². The van der Waals surface area contributed by atoms with E-state index in [2.05, 4.69) is 4.72 Å². The number of benzene rings is 2. The van der Waals surface area contributed by atoms with E-state index >= 15 is 0 Å². The zero-order valence-electron chi connectivity index (χ0n) is 14.4. The number of carbonyl (C=O) groups is 1. The Labute approximate surface area is 147 Å². The van der Waals surface area contributed by atoms with Gasteiger partial charge in [-0.3, -0.25) is 4.79 Å². The van der Waals surface area contributed by atoms with Crippen molar-refractivity contribution in [1.82, 2.24) is 4.72 Å². The van der Waals surface area contributed by atoms with Crippen LogP contribution in [0.1, 0.15) is 18.1 Å². The number of rotatable bonds is 7. The van der Waals surface area contributed by atoms with E-state index in [-0.39, 0.29) is 11.5 Å². The average molecular weight is 363 g/mol. The largest absolute Gasteiger partial charge is 0.497 e. The lowest BCUT2D eigenvalue weighted by Gasteiger charge is -2.14. The molecule has 1 atom stereocenters. The van der Waals surface area contributed by atoms with Crippen LogP contribution in [-0.4, -0.2) is 27.5 Å². The van der Waals surface area contributed by atoms with Crippen molar-refractivity contribution in [2.75, 3.05) is 7.11 Å². The van der Waals surface area contributed by atoms with Gasteiger partial charge in [-0.1, -0.05) is 29.8 Å². The third-order valence-electron chi connectivity index (χ3n) is 3.56. The molecular weight excluding hydrogens is 342 g/mol. The number of carbonyl (C=O) groups excluding carboxylic acids is 1. The predicted octanol–water partition coefficient (Wildman–Crippen LogP) is 2.41. The van der Waals surface area contributed by atoms with Crippen LogP contribution >= 0.6 is 0 Å². The maximum absolute atomic E-state index is 12.3. The lowest BCUT2D eigenvalue weighted by atomic mass is 10.2. The Morgan fingerprint density at radius 1 is 1.08 bits per heavy atom. The number of hydrogen-bond acceptors (Lipinski definition) is 5. The molecule has 0 unspecified atom stereocenters. The quantitative estimate of drug-likeness (QED) is 0.764. The summed E-state index contributed by atoms with van der Waals surface area (Å²) in [6, 6.07) is 12.4. The van der Waals surface area contributed by atoms with E-state index in [1.807, 2.05) is 31.2 Å². The number of sulfonamides is 1. The summed E-state index contributed by atoms with van der Waals surface area (Å²) in [7, 11) is -2.33. The minimum atomic E-state index is -3.82. The molecule has 2 aromatic carbocycles. The zero-order chi connectivity index (χ0) is 18.4. The summed E-state index contributed by atoms with van der Waals surface area (Å²) in [6.45, 7) is 3.50. The monoisotopic (exact) mass is 363 g/mol. The van der Waals surface area contributed by atoms with Crippen molar-refractivity contribution in [3.63, 3.8) is 0 Å². The van der Waals surface area contributed by atoms with E-state index in [0.717, 1.165) is 11.1 Å². The van der Waals surface area contributed by atoms with Crippen LogP contribution in [0.4, 0.5) is 0 Å². The molecule has 0 aliphatic carbocycles. The van der Waals surface area contributed by atoms with Crippen molar-refractivity contribution in [3.8, 4) is 5.75 Å². The van der Waals surface area contributed by atoms with Crippen molar-refractivity contribution in [1.29, 1.82) is 0 Å². The van der Waals surface area contributed by atoms with Gasteiger partial charge in [-0.15, -0.1) is 0 Å². The number of ether oxygens (including phenoxy) is 2. The molecule has 0 saturated heterocycles. The van der Waals surface area contributed by atoms with Gasteiger partial charge in [-0.05, 0) is 43.7 Å². The maximum atomic E-state index is 12.3. The van der Waals surface area contributed by atoms with Gasteiger partial charge in [0.05, 0.1) is 12.0 Å². The van der Waals surface area contributed by atoms with Crippen LogP contribution in [0.5, 0.6) is 5.75 Å². The summed E-state index contributed by atoms with van der Waals surface area (Å²) in [5, 5.41) is 0. The summed E-state index contributed by atoms with van der Waals surface area (Å²) in [4.78, 5) is 12.1. The van der Waals surface area contributed by atoms with Crippen LogP contribution < -0.4 is 9.46 Å². The Morgan fingerprint density at radius 2 is 1.68 bits per heavy atom. The van der Waals surface area contributed by atoms with Crippen LogP contribution in [0.25, 0.3) is 0 Å². The van der Waals surface area contributed by atoms with E-state index < -0.39 is 22.0 Å². The fourth-order valence-electron chi connectivity index (χ4n) is 2.07. The van der Waals surface area contributed by atoms with E-state index in [9.17, 15) is 13.2 Å². The number of hydrogen-bond donors (Lipinski definition) is 1. The fraction of sp³-hybridized carbons (Fsp3) is 0.278. The SMILES string of the molecule is COc1ccc(S(=O)(=O)N[C@@H](C)C(=O)OCc2ccc(C)cc2)cc1. The van der Waals surface area contributed by atoms with Crippen LogP contribution in [0.15, 0.2) is 53.4 Å². The molecule has 25 heavy (non-hydrogen) atoms.